The molecular formula is C18H13ClFN3O2. The number of nitriles is 1. The van der Waals surface area contributed by atoms with Gasteiger partial charge in [-0.3, -0.25) is 0 Å². The fraction of sp³-hybridized carbons (Fsp3) is 0.167. The van der Waals surface area contributed by atoms with Gasteiger partial charge in [-0.2, -0.15) is 10.2 Å². The number of aromatic nitrogens is 2. The van der Waals surface area contributed by atoms with Gasteiger partial charge in [0.05, 0.1) is 22.3 Å². The van der Waals surface area contributed by atoms with Gasteiger partial charge < -0.3 is 9.26 Å². The van der Waals surface area contributed by atoms with E-state index in [2.05, 4.69) is 10.1 Å². The van der Waals surface area contributed by atoms with Gasteiger partial charge in [0.15, 0.2) is 0 Å². The average molecular weight is 358 g/mol. The minimum absolute atomic E-state index is 0.00278. The maximum Gasteiger partial charge on any atom is 0.259 e. The topological polar surface area (TPSA) is 71.9 Å². The van der Waals surface area contributed by atoms with Crippen LogP contribution in [0.1, 0.15) is 19.4 Å². The van der Waals surface area contributed by atoms with Gasteiger partial charge in [0.2, 0.25) is 5.82 Å². The second-order valence-electron chi connectivity index (χ2n) is 5.54. The molecule has 25 heavy (non-hydrogen) atoms. The molecule has 0 unspecified atom stereocenters. The van der Waals surface area contributed by atoms with Gasteiger partial charge in [0.1, 0.15) is 17.6 Å². The first-order valence-corrected chi connectivity index (χ1v) is 7.86. The molecule has 0 radical (unpaired) electrons. The standard InChI is InChI=1S/C18H13ClFN3O2/c1-10(2)24-16-6-3-11(8-15(16)19)17-22-18(25-23-17)14-5-4-13(20)7-12(14)9-21/h3-8,10H,1-2H3. The summed E-state index contributed by atoms with van der Waals surface area (Å²) in [4.78, 5) is 4.27. The Morgan fingerprint density at radius 2 is 2.04 bits per heavy atom. The Hall–Kier alpha value is -2.91. The van der Waals surface area contributed by atoms with E-state index in [4.69, 9.17) is 26.1 Å². The van der Waals surface area contributed by atoms with E-state index in [1.807, 2.05) is 19.9 Å². The van der Waals surface area contributed by atoms with E-state index in [0.717, 1.165) is 6.07 Å². The zero-order valence-electron chi connectivity index (χ0n) is 13.5. The van der Waals surface area contributed by atoms with E-state index in [0.29, 0.717) is 27.7 Å². The minimum atomic E-state index is -0.507. The molecule has 0 aliphatic rings. The summed E-state index contributed by atoms with van der Waals surface area (Å²) in [5, 5.41) is 13.5. The molecule has 0 atom stereocenters. The molecule has 0 bridgehead atoms. The Kier molecular flexibility index (Phi) is 4.68. The van der Waals surface area contributed by atoms with Crippen LogP contribution in [-0.4, -0.2) is 16.2 Å². The summed E-state index contributed by atoms with van der Waals surface area (Å²) < 4.78 is 24.0. The predicted octanol–water partition coefficient (Wildman–Crippen LogP) is 4.85. The molecule has 0 saturated heterocycles. The first kappa shape index (κ1) is 16.9. The van der Waals surface area contributed by atoms with Gasteiger partial charge in [-0.1, -0.05) is 16.8 Å². The molecule has 1 heterocycles. The molecule has 2 aromatic carbocycles. The molecule has 0 N–H and O–H groups in total. The van der Waals surface area contributed by atoms with Crippen LogP contribution in [0.4, 0.5) is 4.39 Å². The summed E-state index contributed by atoms with van der Waals surface area (Å²) >= 11 is 6.22. The van der Waals surface area contributed by atoms with Gasteiger partial charge in [0.25, 0.3) is 5.89 Å². The highest BCUT2D eigenvalue weighted by molar-refractivity contribution is 6.32. The third kappa shape index (κ3) is 3.62. The highest BCUT2D eigenvalue weighted by Crippen LogP contribution is 2.31. The smallest absolute Gasteiger partial charge is 0.259 e. The summed E-state index contributed by atoms with van der Waals surface area (Å²) in [7, 11) is 0. The van der Waals surface area contributed by atoms with E-state index in [1.165, 1.54) is 12.1 Å². The van der Waals surface area contributed by atoms with Gasteiger partial charge in [-0.25, -0.2) is 4.39 Å². The van der Waals surface area contributed by atoms with Crippen LogP contribution in [0.5, 0.6) is 5.75 Å². The van der Waals surface area contributed by atoms with Crippen molar-refractivity contribution in [3.63, 3.8) is 0 Å². The van der Waals surface area contributed by atoms with Crippen molar-refractivity contribution >= 4 is 11.6 Å². The van der Waals surface area contributed by atoms with E-state index >= 15 is 0 Å². The van der Waals surface area contributed by atoms with Gasteiger partial charge in [-0.05, 0) is 50.2 Å². The van der Waals surface area contributed by atoms with Gasteiger partial charge in [0, 0.05) is 5.56 Å². The predicted molar refractivity (Wildman–Crippen MR) is 90.6 cm³/mol. The van der Waals surface area contributed by atoms with Crippen LogP contribution < -0.4 is 4.74 Å². The number of halogens is 2. The van der Waals surface area contributed by atoms with Crippen molar-refractivity contribution in [2.45, 2.75) is 20.0 Å². The Morgan fingerprint density at radius 1 is 1.24 bits per heavy atom. The average Bonchev–Trinajstić information content (AvgIpc) is 3.06. The zero-order chi connectivity index (χ0) is 18.0. The lowest BCUT2D eigenvalue weighted by Crippen LogP contribution is -2.05. The monoisotopic (exact) mass is 357 g/mol. The molecule has 5 nitrogen and oxygen atoms in total. The molecule has 0 amide bonds. The van der Waals surface area contributed by atoms with Crippen LogP contribution in [0, 0.1) is 17.1 Å². The van der Waals surface area contributed by atoms with E-state index in [-0.39, 0.29) is 17.6 Å². The zero-order valence-corrected chi connectivity index (χ0v) is 14.2. The molecule has 1 aromatic heterocycles. The van der Waals surface area contributed by atoms with Crippen molar-refractivity contribution in [1.29, 1.82) is 5.26 Å². The molecular weight excluding hydrogens is 345 g/mol. The Balaban J connectivity index is 1.95. The molecule has 0 aliphatic carbocycles. The third-order valence-corrected chi connectivity index (χ3v) is 3.61. The number of benzene rings is 2. The van der Waals surface area contributed by atoms with Crippen molar-refractivity contribution < 1.29 is 13.7 Å². The van der Waals surface area contributed by atoms with Crippen molar-refractivity contribution in [1.82, 2.24) is 10.1 Å². The summed E-state index contributed by atoms with van der Waals surface area (Å²) in [6, 6.07) is 10.8. The second kappa shape index (κ2) is 6.91. The molecule has 0 fully saturated rings. The molecule has 0 spiro atoms. The number of hydrogen-bond acceptors (Lipinski definition) is 5. The first-order valence-electron chi connectivity index (χ1n) is 7.48. The molecule has 3 rings (SSSR count). The Labute approximate surface area is 148 Å². The Morgan fingerprint density at radius 3 is 2.72 bits per heavy atom. The molecule has 126 valence electrons. The molecule has 7 heteroatoms. The summed E-state index contributed by atoms with van der Waals surface area (Å²) in [6.07, 6.45) is 0.00278. The van der Waals surface area contributed by atoms with E-state index in [9.17, 15) is 4.39 Å². The molecule has 0 aliphatic heterocycles. The normalized spacial score (nSPS) is 10.7. The number of hydrogen-bond donors (Lipinski definition) is 0. The highest BCUT2D eigenvalue weighted by Gasteiger charge is 2.16. The van der Waals surface area contributed by atoms with Crippen molar-refractivity contribution in [2.24, 2.45) is 0 Å². The fourth-order valence-corrected chi connectivity index (χ4v) is 2.46. The van der Waals surface area contributed by atoms with Crippen molar-refractivity contribution in [2.75, 3.05) is 0 Å². The summed E-state index contributed by atoms with van der Waals surface area (Å²) in [6.45, 7) is 3.82. The fourth-order valence-electron chi connectivity index (χ4n) is 2.24. The lowest BCUT2D eigenvalue weighted by Gasteiger charge is -2.11. The van der Waals surface area contributed by atoms with E-state index in [1.54, 1.807) is 18.2 Å². The van der Waals surface area contributed by atoms with Crippen LogP contribution in [-0.2, 0) is 0 Å². The van der Waals surface area contributed by atoms with Crippen LogP contribution in [0.2, 0.25) is 5.02 Å². The quantitative estimate of drug-likeness (QED) is 0.667. The highest BCUT2D eigenvalue weighted by atomic mass is 35.5. The Bertz CT molecular complexity index is 963. The maximum absolute atomic E-state index is 13.2. The maximum atomic E-state index is 13.2. The molecule has 3 aromatic rings. The largest absolute Gasteiger partial charge is 0.489 e. The van der Waals surface area contributed by atoms with E-state index < -0.39 is 5.82 Å². The SMILES string of the molecule is CC(C)Oc1ccc(-c2noc(-c3ccc(F)cc3C#N)n2)cc1Cl. The molecule has 0 saturated carbocycles. The lowest BCUT2D eigenvalue weighted by molar-refractivity contribution is 0.242. The second-order valence-corrected chi connectivity index (χ2v) is 5.94. The van der Waals surface area contributed by atoms with Crippen LogP contribution in [0.25, 0.3) is 22.8 Å². The van der Waals surface area contributed by atoms with Crippen molar-refractivity contribution in [3.8, 4) is 34.7 Å². The third-order valence-electron chi connectivity index (χ3n) is 3.31. The first-order chi connectivity index (χ1) is 12.0. The number of ether oxygens (including phenoxy) is 1. The summed E-state index contributed by atoms with van der Waals surface area (Å²) in [5.41, 5.74) is 1.12. The number of rotatable bonds is 4. The van der Waals surface area contributed by atoms with Crippen LogP contribution in [0.3, 0.4) is 0 Å². The minimum Gasteiger partial charge on any atom is -0.489 e. The summed E-state index contributed by atoms with van der Waals surface area (Å²) in [5.74, 6) is 0.494. The van der Waals surface area contributed by atoms with Gasteiger partial charge in [-0.15, -0.1) is 0 Å². The van der Waals surface area contributed by atoms with Gasteiger partial charge >= 0.3 is 0 Å². The van der Waals surface area contributed by atoms with Crippen LogP contribution >= 0.6 is 11.6 Å². The van der Waals surface area contributed by atoms with Crippen LogP contribution in [0.15, 0.2) is 40.9 Å². The van der Waals surface area contributed by atoms with Crippen molar-refractivity contribution in [3.05, 3.63) is 52.8 Å². The number of nitrogens with zero attached hydrogens (tertiary/aromatic N) is 3. The lowest BCUT2D eigenvalue weighted by atomic mass is 10.1.